The number of rotatable bonds is 3. The van der Waals surface area contributed by atoms with E-state index in [1.54, 1.807) is 6.26 Å². The van der Waals surface area contributed by atoms with Crippen molar-refractivity contribution >= 4 is 11.6 Å². The van der Waals surface area contributed by atoms with Crippen LogP contribution in [0, 0.1) is 6.92 Å². The lowest BCUT2D eigenvalue weighted by atomic mass is 10.3. The highest BCUT2D eigenvalue weighted by atomic mass is 16.3. The summed E-state index contributed by atoms with van der Waals surface area (Å²) in [4.78, 5) is 10.1. The van der Waals surface area contributed by atoms with Crippen LogP contribution in [0.15, 0.2) is 29.1 Å². The molecule has 84 valence electrons. The smallest absolute Gasteiger partial charge is 0.137 e. The Balaban J connectivity index is 2.21. The zero-order chi connectivity index (χ0) is 11.5. The molecule has 2 aromatic rings. The summed E-state index contributed by atoms with van der Waals surface area (Å²) in [6, 6.07) is 3.79. The van der Waals surface area contributed by atoms with Crippen LogP contribution in [0.25, 0.3) is 0 Å². The van der Waals surface area contributed by atoms with Gasteiger partial charge in [0.15, 0.2) is 0 Å². The van der Waals surface area contributed by atoms with Gasteiger partial charge in [-0.2, -0.15) is 0 Å². The van der Waals surface area contributed by atoms with Crippen molar-refractivity contribution in [1.29, 1.82) is 0 Å². The number of nitrogen functional groups attached to an aromatic ring is 1. The predicted molar refractivity (Wildman–Crippen MR) is 62.0 cm³/mol. The number of anilines is 2. The van der Waals surface area contributed by atoms with Crippen LogP contribution in [0.5, 0.6) is 0 Å². The number of furan rings is 1. The van der Waals surface area contributed by atoms with Crippen molar-refractivity contribution in [3.63, 3.8) is 0 Å². The van der Waals surface area contributed by atoms with Gasteiger partial charge < -0.3 is 15.1 Å². The lowest BCUT2D eigenvalue weighted by Gasteiger charge is -2.18. The Morgan fingerprint density at radius 2 is 2.25 bits per heavy atom. The van der Waals surface area contributed by atoms with Gasteiger partial charge in [0, 0.05) is 12.6 Å². The number of hydrogen-bond acceptors (Lipinski definition) is 5. The molecular formula is C11H14N4O. The quantitative estimate of drug-likeness (QED) is 0.847. The molecule has 2 N–H and O–H groups in total. The Labute approximate surface area is 93.9 Å². The predicted octanol–water partition coefficient (Wildman–Crippen LogP) is 1.60. The maximum absolute atomic E-state index is 5.73. The minimum absolute atomic E-state index is 0.510. The Hall–Kier alpha value is -2.04. The average molecular weight is 218 g/mol. The second-order valence-corrected chi connectivity index (χ2v) is 3.64. The highest BCUT2D eigenvalue weighted by Gasteiger charge is 2.10. The number of hydrogen-bond donors (Lipinski definition) is 1. The highest BCUT2D eigenvalue weighted by Crippen LogP contribution is 2.20. The molecule has 0 unspecified atom stereocenters. The van der Waals surface area contributed by atoms with Crippen LogP contribution in [0.2, 0.25) is 0 Å². The summed E-state index contributed by atoms with van der Waals surface area (Å²) >= 11 is 0. The molecule has 0 aliphatic rings. The van der Waals surface area contributed by atoms with E-state index < -0.39 is 0 Å². The molecule has 0 atom stereocenters. The van der Waals surface area contributed by atoms with Crippen molar-refractivity contribution in [2.45, 2.75) is 13.5 Å². The molecule has 0 amide bonds. The summed E-state index contributed by atoms with van der Waals surface area (Å²) < 4.78 is 5.28. The molecule has 0 bridgehead atoms. The Morgan fingerprint density at radius 3 is 2.94 bits per heavy atom. The fourth-order valence-electron chi connectivity index (χ4n) is 1.55. The molecule has 2 aromatic heterocycles. The molecular weight excluding hydrogens is 204 g/mol. The first-order chi connectivity index (χ1) is 7.68. The second kappa shape index (κ2) is 4.22. The summed E-state index contributed by atoms with van der Waals surface area (Å²) in [6.45, 7) is 2.56. The normalized spacial score (nSPS) is 10.4. The fourth-order valence-corrected chi connectivity index (χ4v) is 1.55. The van der Waals surface area contributed by atoms with Crippen molar-refractivity contribution in [3.05, 3.63) is 36.0 Å². The van der Waals surface area contributed by atoms with Gasteiger partial charge in [-0.05, 0) is 19.1 Å². The highest BCUT2D eigenvalue weighted by molar-refractivity contribution is 5.55. The van der Waals surface area contributed by atoms with Crippen LogP contribution in [-0.4, -0.2) is 17.0 Å². The summed E-state index contributed by atoms with van der Waals surface area (Å²) in [5.41, 5.74) is 6.62. The zero-order valence-electron chi connectivity index (χ0n) is 9.34. The average Bonchev–Trinajstić information content (AvgIpc) is 2.74. The van der Waals surface area contributed by atoms with Crippen LogP contribution < -0.4 is 10.6 Å². The lowest BCUT2D eigenvalue weighted by molar-refractivity contribution is 0.506. The zero-order valence-corrected chi connectivity index (χ0v) is 9.34. The van der Waals surface area contributed by atoms with Gasteiger partial charge >= 0.3 is 0 Å². The van der Waals surface area contributed by atoms with Crippen molar-refractivity contribution < 1.29 is 4.42 Å². The van der Waals surface area contributed by atoms with Crippen molar-refractivity contribution in [2.75, 3.05) is 17.7 Å². The van der Waals surface area contributed by atoms with E-state index in [2.05, 4.69) is 9.97 Å². The molecule has 0 saturated heterocycles. The molecule has 5 heteroatoms. The molecule has 0 aromatic carbocycles. The first-order valence-electron chi connectivity index (χ1n) is 4.99. The molecule has 0 radical (unpaired) electrons. The minimum atomic E-state index is 0.510. The minimum Gasteiger partial charge on any atom is -0.467 e. The Kier molecular flexibility index (Phi) is 2.76. The van der Waals surface area contributed by atoms with Crippen molar-refractivity contribution in [2.24, 2.45) is 0 Å². The SMILES string of the molecule is Cc1c(N)ncnc1N(C)Cc1ccco1. The van der Waals surface area contributed by atoms with E-state index in [1.807, 2.05) is 31.0 Å². The first-order valence-corrected chi connectivity index (χ1v) is 4.99. The molecule has 2 heterocycles. The van der Waals surface area contributed by atoms with E-state index in [1.165, 1.54) is 6.33 Å². The van der Waals surface area contributed by atoms with Gasteiger partial charge in [0.2, 0.25) is 0 Å². The maximum Gasteiger partial charge on any atom is 0.137 e. The molecule has 0 aliphatic carbocycles. The Morgan fingerprint density at radius 1 is 1.44 bits per heavy atom. The van der Waals surface area contributed by atoms with Crippen LogP contribution in [-0.2, 0) is 6.54 Å². The van der Waals surface area contributed by atoms with E-state index >= 15 is 0 Å². The third-order valence-electron chi connectivity index (χ3n) is 2.43. The van der Waals surface area contributed by atoms with Gasteiger partial charge in [-0.25, -0.2) is 9.97 Å². The van der Waals surface area contributed by atoms with Gasteiger partial charge in [-0.1, -0.05) is 0 Å². The number of aromatic nitrogens is 2. The van der Waals surface area contributed by atoms with E-state index in [9.17, 15) is 0 Å². The van der Waals surface area contributed by atoms with Crippen LogP contribution >= 0.6 is 0 Å². The largest absolute Gasteiger partial charge is 0.467 e. The third-order valence-corrected chi connectivity index (χ3v) is 2.43. The molecule has 0 saturated carbocycles. The number of nitrogens with two attached hydrogens (primary N) is 1. The maximum atomic E-state index is 5.73. The standard InChI is InChI=1S/C11H14N4O/c1-8-10(12)13-7-14-11(8)15(2)6-9-4-3-5-16-9/h3-5,7H,6H2,1-2H3,(H2,12,13,14). The summed E-state index contributed by atoms with van der Waals surface area (Å²) in [5.74, 6) is 2.22. The summed E-state index contributed by atoms with van der Waals surface area (Å²) in [6.07, 6.45) is 3.13. The van der Waals surface area contributed by atoms with E-state index in [0.717, 1.165) is 17.1 Å². The van der Waals surface area contributed by atoms with Crippen LogP contribution in [0.3, 0.4) is 0 Å². The molecule has 0 aliphatic heterocycles. The first kappa shape index (κ1) is 10.5. The van der Waals surface area contributed by atoms with E-state index in [-0.39, 0.29) is 0 Å². The summed E-state index contributed by atoms with van der Waals surface area (Å²) in [5, 5.41) is 0. The fraction of sp³-hybridized carbons (Fsp3) is 0.273. The van der Waals surface area contributed by atoms with Gasteiger partial charge in [0.25, 0.3) is 0 Å². The second-order valence-electron chi connectivity index (χ2n) is 3.64. The van der Waals surface area contributed by atoms with Gasteiger partial charge in [0.05, 0.1) is 12.8 Å². The molecule has 0 fully saturated rings. The van der Waals surface area contributed by atoms with Gasteiger partial charge in [0.1, 0.15) is 23.7 Å². The van der Waals surface area contributed by atoms with E-state index in [4.69, 9.17) is 10.2 Å². The molecule has 0 spiro atoms. The molecule has 16 heavy (non-hydrogen) atoms. The monoisotopic (exact) mass is 218 g/mol. The Bertz CT molecular complexity index is 467. The van der Waals surface area contributed by atoms with Gasteiger partial charge in [-0.3, -0.25) is 0 Å². The van der Waals surface area contributed by atoms with Crippen molar-refractivity contribution in [1.82, 2.24) is 9.97 Å². The third kappa shape index (κ3) is 1.98. The van der Waals surface area contributed by atoms with Crippen LogP contribution in [0.4, 0.5) is 11.6 Å². The lowest BCUT2D eigenvalue weighted by Crippen LogP contribution is -2.19. The van der Waals surface area contributed by atoms with Crippen molar-refractivity contribution in [3.8, 4) is 0 Å². The molecule has 5 nitrogen and oxygen atoms in total. The molecule has 2 rings (SSSR count). The van der Waals surface area contributed by atoms with Gasteiger partial charge in [-0.15, -0.1) is 0 Å². The topological polar surface area (TPSA) is 68.2 Å². The van der Waals surface area contributed by atoms with Crippen LogP contribution in [0.1, 0.15) is 11.3 Å². The van der Waals surface area contributed by atoms with E-state index in [0.29, 0.717) is 12.4 Å². The number of nitrogens with zero attached hydrogens (tertiary/aromatic N) is 3. The summed E-state index contributed by atoms with van der Waals surface area (Å²) in [7, 11) is 1.94.